The van der Waals surface area contributed by atoms with E-state index >= 15 is 0 Å². The lowest BCUT2D eigenvalue weighted by Crippen LogP contribution is -2.32. The summed E-state index contributed by atoms with van der Waals surface area (Å²) in [7, 11) is 0. The highest BCUT2D eigenvalue weighted by Gasteiger charge is 2.08. The number of hydrogen-bond donors (Lipinski definition) is 3. The maximum atomic E-state index is 11.7. The van der Waals surface area contributed by atoms with Gasteiger partial charge in [-0.3, -0.25) is 4.79 Å². The zero-order valence-electron chi connectivity index (χ0n) is 13.1. The van der Waals surface area contributed by atoms with Crippen molar-refractivity contribution in [2.24, 2.45) is 5.92 Å². The lowest BCUT2D eigenvalue weighted by Gasteiger charge is -2.10. The van der Waals surface area contributed by atoms with Crippen molar-refractivity contribution in [3.05, 3.63) is 0 Å². The number of ether oxygens (including phenoxy) is 1. The largest absolute Gasteiger partial charge is 0.464 e. The summed E-state index contributed by atoms with van der Waals surface area (Å²) in [4.78, 5) is 24.0. The summed E-state index contributed by atoms with van der Waals surface area (Å²) in [5.74, 6) is 1.04. The van der Waals surface area contributed by atoms with Crippen LogP contribution < -0.4 is 20.7 Å². The first-order valence-corrected chi connectivity index (χ1v) is 7.18. The molecule has 0 radical (unpaired) electrons. The van der Waals surface area contributed by atoms with E-state index in [4.69, 9.17) is 4.74 Å². The summed E-state index contributed by atoms with van der Waals surface area (Å²) in [6.45, 7) is 9.76. The minimum atomic E-state index is -0.105. The van der Waals surface area contributed by atoms with Crippen molar-refractivity contribution in [3.63, 3.8) is 0 Å². The molecule has 0 spiro atoms. The number of amides is 1. The molecule has 118 valence electrons. The molecule has 0 aliphatic heterocycles. The Morgan fingerprint density at radius 3 is 2.38 bits per heavy atom. The van der Waals surface area contributed by atoms with Crippen molar-refractivity contribution in [2.75, 3.05) is 36.9 Å². The second-order valence-corrected chi connectivity index (χ2v) is 4.78. The van der Waals surface area contributed by atoms with Gasteiger partial charge in [0.2, 0.25) is 17.8 Å². The third kappa shape index (κ3) is 6.73. The summed E-state index contributed by atoms with van der Waals surface area (Å²) in [5.41, 5.74) is 0. The number of rotatable bonds is 9. The molecule has 0 unspecified atom stereocenters. The average Bonchev–Trinajstić information content (AvgIpc) is 2.43. The molecule has 0 saturated carbocycles. The Labute approximate surface area is 125 Å². The minimum absolute atomic E-state index is 0.105. The van der Waals surface area contributed by atoms with Crippen LogP contribution in [0.1, 0.15) is 27.7 Å². The van der Waals surface area contributed by atoms with Crippen LogP contribution in [-0.4, -0.2) is 47.1 Å². The van der Waals surface area contributed by atoms with Crippen LogP contribution in [0.15, 0.2) is 0 Å². The molecular formula is C13H24N6O2. The molecule has 8 nitrogen and oxygen atoms in total. The van der Waals surface area contributed by atoms with Gasteiger partial charge in [0.05, 0.1) is 13.2 Å². The average molecular weight is 296 g/mol. The van der Waals surface area contributed by atoms with Gasteiger partial charge in [0, 0.05) is 13.1 Å². The van der Waals surface area contributed by atoms with Gasteiger partial charge in [0.25, 0.3) is 0 Å². The van der Waals surface area contributed by atoms with Crippen molar-refractivity contribution in [1.82, 2.24) is 20.3 Å². The maximum absolute atomic E-state index is 11.7. The van der Waals surface area contributed by atoms with Crippen LogP contribution in [0.4, 0.5) is 11.9 Å². The minimum Gasteiger partial charge on any atom is -0.464 e. The quantitative estimate of drug-likeness (QED) is 0.622. The van der Waals surface area contributed by atoms with Gasteiger partial charge in [-0.05, 0) is 19.8 Å². The first-order valence-electron chi connectivity index (χ1n) is 7.18. The summed E-state index contributed by atoms with van der Waals surface area (Å²) in [6, 6.07) is 0.230. The molecule has 0 atom stereocenters. The fourth-order valence-corrected chi connectivity index (χ4v) is 1.41. The molecule has 1 amide bonds. The number of nitrogens with zero attached hydrogens (tertiary/aromatic N) is 3. The van der Waals surface area contributed by atoms with Gasteiger partial charge in [0.15, 0.2) is 0 Å². The molecule has 1 aromatic heterocycles. The lowest BCUT2D eigenvalue weighted by molar-refractivity contribution is -0.119. The van der Waals surface area contributed by atoms with E-state index in [2.05, 4.69) is 30.9 Å². The predicted octanol–water partition coefficient (Wildman–Crippen LogP) is 0.886. The van der Waals surface area contributed by atoms with E-state index in [-0.39, 0.29) is 18.5 Å². The Kier molecular flexibility index (Phi) is 7.20. The third-order valence-corrected chi connectivity index (χ3v) is 2.34. The van der Waals surface area contributed by atoms with Crippen LogP contribution in [0.2, 0.25) is 0 Å². The molecule has 0 fully saturated rings. The van der Waals surface area contributed by atoms with Crippen molar-refractivity contribution in [1.29, 1.82) is 0 Å². The lowest BCUT2D eigenvalue weighted by atomic mass is 10.2. The normalized spacial score (nSPS) is 10.3. The summed E-state index contributed by atoms with van der Waals surface area (Å²) in [6.07, 6.45) is 0. The Bertz CT molecular complexity index is 428. The van der Waals surface area contributed by atoms with Gasteiger partial charge in [-0.15, -0.1) is 0 Å². The third-order valence-electron chi connectivity index (χ3n) is 2.34. The molecule has 0 bridgehead atoms. The van der Waals surface area contributed by atoms with E-state index in [1.54, 1.807) is 0 Å². The fourth-order valence-electron chi connectivity index (χ4n) is 1.41. The Morgan fingerprint density at radius 1 is 1.14 bits per heavy atom. The zero-order chi connectivity index (χ0) is 15.7. The molecule has 0 aliphatic carbocycles. The van der Waals surface area contributed by atoms with Gasteiger partial charge in [-0.1, -0.05) is 13.8 Å². The molecule has 21 heavy (non-hydrogen) atoms. The number of hydrogen-bond acceptors (Lipinski definition) is 7. The molecular weight excluding hydrogens is 272 g/mol. The van der Waals surface area contributed by atoms with E-state index in [1.807, 2.05) is 27.7 Å². The van der Waals surface area contributed by atoms with Crippen LogP contribution in [0.3, 0.4) is 0 Å². The van der Waals surface area contributed by atoms with E-state index in [0.717, 1.165) is 0 Å². The van der Waals surface area contributed by atoms with Crippen molar-refractivity contribution < 1.29 is 9.53 Å². The van der Waals surface area contributed by atoms with Gasteiger partial charge in [0.1, 0.15) is 0 Å². The van der Waals surface area contributed by atoms with E-state index < -0.39 is 0 Å². The zero-order valence-corrected chi connectivity index (χ0v) is 13.1. The molecule has 3 N–H and O–H groups in total. The Hall–Kier alpha value is -2.12. The van der Waals surface area contributed by atoms with Gasteiger partial charge in [-0.25, -0.2) is 0 Å². The second kappa shape index (κ2) is 8.93. The first kappa shape index (κ1) is 16.9. The smallest absolute Gasteiger partial charge is 0.323 e. The topological polar surface area (TPSA) is 101 Å². The number of nitrogens with one attached hydrogen (secondary N) is 3. The van der Waals surface area contributed by atoms with Crippen LogP contribution in [0, 0.1) is 5.92 Å². The summed E-state index contributed by atoms with van der Waals surface area (Å²) in [5, 5.41) is 8.68. The van der Waals surface area contributed by atoms with Gasteiger partial charge >= 0.3 is 6.01 Å². The van der Waals surface area contributed by atoms with Gasteiger partial charge in [-0.2, -0.15) is 15.0 Å². The molecule has 0 aromatic carbocycles. The number of carbonyl (C=O) groups is 1. The van der Waals surface area contributed by atoms with Gasteiger partial charge < -0.3 is 20.7 Å². The molecule has 1 rings (SSSR count). The monoisotopic (exact) mass is 296 g/mol. The highest BCUT2D eigenvalue weighted by atomic mass is 16.5. The fraction of sp³-hybridized carbons (Fsp3) is 0.692. The highest BCUT2D eigenvalue weighted by Crippen LogP contribution is 2.10. The molecule has 0 aliphatic rings. The molecule has 1 heterocycles. The molecule has 0 saturated heterocycles. The molecule has 8 heteroatoms. The first-order chi connectivity index (χ1) is 10.0. The van der Waals surface area contributed by atoms with Crippen LogP contribution in [0.5, 0.6) is 6.01 Å². The molecule has 1 aromatic rings. The van der Waals surface area contributed by atoms with E-state index in [9.17, 15) is 4.79 Å². The number of carbonyl (C=O) groups excluding carboxylic acids is 1. The van der Waals surface area contributed by atoms with Crippen LogP contribution >= 0.6 is 0 Å². The SMILES string of the molecule is CCNc1nc(NCC(=O)NCC(C)C)nc(OCC)n1. The predicted molar refractivity (Wildman–Crippen MR) is 81.5 cm³/mol. The Morgan fingerprint density at radius 2 is 1.81 bits per heavy atom. The van der Waals surface area contributed by atoms with Crippen LogP contribution in [0.25, 0.3) is 0 Å². The van der Waals surface area contributed by atoms with Crippen LogP contribution in [-0.2, 0) is 4.79 Å². The van der Waals surface area contributed by atoms with Crippen molar-refractivity contribution in [2.45, 2.75) is 27.7 Å². The van der Waals surface area contributed by atoms with E-state index in [0.29, 0.717) is 37.5 Å². The maximum Gasteiger partial charge on any atom is 0.323 e. The highest BCUT2D eigenvalue weighted by molar-refractivity contribution is 5.80. The second-order valence-electron chi connectivity index (χ2n) is 4.78. The number of anilines is 2. The standard InChI is InChI=1S/C13H24N6O2/c1-5-14-11-17-12(19-13(18-11)21-6-2)16-8-10(20)15-7-9(3)4/h9H,5-8H2,1-4H3,(H,15,20)(H2,14,16,17,18,19). The van der Waals surface area contributed by atoms with E-state index in [1.165, 1.54) is 0 Å². The van der Waals surface area contributed by atoms with Crippen molar-refractivity contribution in [3.8, 4) is 6.01 Å². The Balaban J connectivity index is 2.62. The van der Waals surface area contributed by atoms with Crippen molar-refractivity contribution >= 4 is 17.8 Å². The number of aromatic nitrogens is 3. The summed E-state index contributed by atoms with van der Waals surface area (Å²) >= 11 is 0. The summed E-state index contributed by atoms with van der Waals surface area (Å²) < 4.78 is 5.28.